The van der Waals surface area contributed by atoms with E-state index in [1.807, 2.05) is 13.1 Å². The lowest BCUT2D eigenvalue weighted by Gasteiger charge is -2.26. The minimum atomic E-state index is -0.0566. The number of hydrogen-bond acceptors (Lipinski definition) is 4. The zero-order valence-corrected chi connectivity index (χ0v) is 8.66. The molecule has 0 saturated heterocycles. The van der Waals surface area contributed by atoms with Crippen molar-refractivity contribution < 1.29 is 14.9 Å². The van der Waals surface area contributed by atoms with Gasteiger partial charge in [-0.25, -0.2) is 0 Å². The van der Waals surface area contributed by atoms with Gasteiger partial charge in [0.1, 0.15) is 0 Å². The third kappa shape index (κ3) is 1.78. The van der Waals surface area contributed by atoms with Gasteiger partial charge in [0, 0.05) is 12.1 Å². The molecule has 1 heterocycles. The first kappa shape index (κ1) is 10.3. The van der Waals surface area contributed by atoms with Crippen molar-refractivity contribution in [2.45, 2.75) is 12.5 Å². The van der Waals surface area contributed by atoms with Gasteiger partial charge in [0.25, 0.3) is 0 Å². The Morgan fingerprint density at radius 1 is 1.47 bits per heavy atom. The van der Waals surface area contributed by atoms with Crippen LogP contribution < -0.4 is 5.32 Å². The molecule has 0 aliphatic carbocycles. The molecule has 1 aromatic carbocycles. The molecule has 15 heavy (non-hydrogen) atoms. The van der Waals surface area contributed by atoms with E-state index in [9.17, 15) is 10.2 Å². The minimum Gasteiger partial charge on any atom is -0.504 e. The fraction of sp³-hybridized carbons (Fsp3) is 0.455. The standard InChI is InChI=1S/C11H15NO3/c1-12-6-10-7-2-3-9(13)11(14)8(7)4-5-15-10/h2-3,10,12-14H,4-6H2,1H3. The van der Waals surface area contributed by atoms with Crippen LogP contribution in [0.15, 0.2) is 12.1 Å². The molecule has 4 heteroatoms. The second-order valence-electron chi connectivity index (χ2n) is 3.67. The maximum Gasteiger partial charge on any atom is 0.161 e. The Kier molecular flexibility index (Phi) is 2.79. The molecule has 1 aliphatic rings. The Hall–Kier alpha value is -1.26. The van der Waals surface area contributed by atoms with Crippen LogP contribution in [0.5, 0.6) is 11.5 Å². The molecule has 0 spiro atoms. The number of benzene rings is 1. The second-order valence-corrected chi connectivity index (χ2v) is 3.67. The maximum atomic E-state index is 9.70. The summed E-state index contributed by atoms with van der Waals surface area (Å²) < 4.78 is 5.58. The molecule has 0 saturated carbocycles. The third-order valence-corrected chi connectivity index (χ3v) is 2.71. The Morgan fingerprint density at radius 3 is 3.00 bits per heavy atom. The van der Waals surface area contributed by atoms with Crippen LogP contribution >= 0.6 is 0 Å². The predicted octanol–water partition coefficient (Wildman–Crippen LogP) is 0.931. The van der Waals surface area contributed by atoms with E-state index < -0.39 is 0 Å². The van der Waals surface area contributed by atoms with Gasteiger partial charge in [0.05, 0.1) is 12.7 Å². The van der Waals surface area contributed by atoms with Crippen LogP contribution in [-0.4, -0.2) is 30.4 Å². The first-order valence-corrected chi connectivity index (χ1v) is 5.04. The first-order chi connectivity index (χ1) is 7.24. The zero-order chi connectivity index (χ0) is 10.8. The van der Waals surface area contributed by atoms with Gasteiger partial charge in [-0.15, -0.1) is 0 Å². The van der Waals surface area contributed by atoms with Crippen LogP contribution in [0.3, 0.4) is 0 Å². The lowest BCUT2D eigenvalue weighted by Crippen LogP contribution is -2.25. The number of rotatable bonds is 2. The number of nitrogens with one attached hydrogen (secondary N) is 1. The molecule has 0 fully saturated rings. The molecule has 3 N–H and O–H groups in total. The van der Waals surface area contributed by atoms with Gasteiger partial charge in [-0.2, -0.15) is 0 Å². The Balaban J connectivity index is 2.40. The van der Waals surface area contributed by atoms with Gasteiger partial charge in [-0.05, 0) is 25.1 Å². The first-order valence-electron chi connectivity index (χ1n) is 5.04. The van der Waals surface area contributed by atoms with Gasteiger partial charge in [0.2, 0.25) is 0 Å². The normalized spacial score (nSPS) is 19.9. The van der Waals surface area contributed by atoms with E-state index in [4.69, 9.17) is 4.74 Å². The number of fused-ring (bicyclic) bond motifs is 1. The lowest BCUT2D eigenvalue weighted by molar-refractivity contribution is 0.0430. The molecule has 0 radical (unpaired) electrons. The zero-order valence-electron chi connectivity index (χ0n) is 8.66. The molecule has 0 amide bonds. The molecule has 0 bridgehead atoms. The van der Waals surface area contributed by atoms with Crippen LogP contribution in [-0.2, 0) is 11.2 Å². The van der Waals surface area contributed by atoms with Gasteiger partial charge >= 0.3 is 0 Å². The summed E-state index contributed by atoms with van der Waals surface area (Å²) in [5.41, 5.74) is 1.77. The van der Waals surface area contributed by atoms with Crippen molar-refractivity contribution in [2.75, 3.05) is 20.2 Å². The molecule has 82 valence electrons. The summed E-state index contributed by atoms with van der Waals surface area (Å²) >= 11 is 0. The van der Waals surface area contributed by atoms with E-state index in [1.54, 1.807) is 0 Å². The molecule has 4 nitrogen and oxygen atoms in total. The fourth-order valence-electron chi connectivity index (χ4n) is 1.95. The van der Waals surface area contributed by atoms with Gasteiger partial charge < -0.3 is 20.3 Å². The summed E-state index contributed by atoms with van der Waals surface area (Å²) in [7, 11) is 1.86. The molecule has 2 rings (SSSR count). The molecular weight excluding hydrogens is 194 g/mol. The summed E-state index contributed by atoms with van der Waals surface area (Å²) in [5.74, 6) is -0.0595. The molecule has 0 aromatic heterocycles. The largest absolute Gasteiger partial charge is 0.504 e. The molecule has 1 atom stereocenters. The average molecular weight is 209 g/mol. The van der Waals surface area contributed by atoms with Crippen LogP contribution in [0.25, 0.3) is 0 Å². The molecule has 1 aliphatic heterocycles. The number of aromatic hydroxyl groups is 2. The summed E-state index contributed by atoms with van der Waals surface area (Å²) in [6.07, 6.45) is 0.612. The fourth-order valence-corrected chi connectivity index (χ4v) is 1.95. The number of hydrogen-bond donors (Lipinski definition) is 3. The summed E-state index contributed by atoms with van der Waals surface area (Å²) in [5, 5.41) is 22.1. The smallest absolute Gasteiger partial charge is 0.161 e. The van der Waals surface area contributed by atoms with E-state index in [2.05, 4.69) is 5.32 Å². The Bertz CT molecular complexity index is 365. The van der Waals surface area contributed by atoms with Gasteiger partial charge in [-0.3, -0.25) is 0 Å². The summed E-state index contributed by atoms with van der Waals surface area (Å²) in [4.78, 5) is 0. The predicted molar refractivity (Wildman–Crippen MR) is 56.1 cm³/mol. The maximum absolute atomic E-state index is 9.70. The number of phenolic OH excluding ortho intramolecular Hbond substituents is 2. The molecule has 1 unspecified atom stereocenters. The van der Waals surface area contributed by atoms with Crippen molar-refractivity contribution in [3.63, 3.8) is 0 Å². The number of ether oxygens (including phenoxy) is 1. The Labute approximate surface area is 88.5 Å². The second kappa shape index (κ2) is 4.08. The van der Waals surface area contributed by atoms with Crippen molar-refractivity contribution >= 4 is 0 Å². The third-order valence-electron chi connectivity index (χ3n) is 2.71. The van der Waals surface area contributed by atoms with Crippen molar-refractivity contribution in [1.29, 1.82) is 0 Å². The van der Waals surface area contributed by atoms with Crippen LogP contribution in [0.1, 0.15) is 17.2 Å². The monoisotopic (exact) mass is 209 g/mol. The summed E-state index contributed by atoms with van der Waals surface area (Å²) in [6, 6.07) is 3.32. The highest BCUT2D eigenvalue weighted by atomic mass is 16.5. The quantitative estimate of drug-likeness (QED) is 0.634. The van der Waals surface area contributed by atoms with Crippen molar-refractivity contribution in [1.82, 2.24) is 5.32 Å². The van der Waals surface area contributed by atoms with Crippen LogP contribution in [0.4, 0.5) is 0 Å². The number of likely N-dealkylation sites (N-methyl/N-ethyl adjacent to an activating group) is 1. The lowest BCUT2D eigenvalue weighted by atomic mass is 9.96. The highest BCUT2D eigenvalue weighted by molar-refractivity contribution is 5.50. The van der Waals surface area contributed by atoms with E-state index in [1.165, 1.54) is 6.07 Å². The van der Waals surface area contributed by atoms with Crippen molar-refractivity contribution in [3.05, 3.63) is 23.3 Å². The van der Waals surface area contributed by atoms with Crippen LogP contribution in [0.2, 0.25) is 0 Å². The summed E-state index contributed by atoms with van der Waals surface area (Å²) in [6.45, 7) is 1.29. The van der Waals surface area contributed by atoms with Crippen molar-refractivity contribution in [3.8, 4) is 11.5 Å². The SMILES string of the molecule is CNCC1OCCc2c1ccc(O)c2O. The minimum absolute atomic E-state index is 0.00287. The highest BCUT2D eigenvalue weighted by Gasteiger charge is 2.23. The van der Waals surface area contributed by atoms with Gasteiger partial charge in [-0.1, -0.05) is 6.07 Å². The number of phenols is 2. The highest BCUT2D eigenvalue weighted by Crippen LogP contribution is 2.37. The van der Waals surface area contributed by atoms with Crippen LogP contribution in [0, 0.1) is 0 Å². The van der Waals surface area contributed by atoms with E-state index in [0.29, 0.717) is 19.6 Å². The molecular formula is C11H15NO3. The Morgan fingerprint density at radius 2 is 2.27 bits per heavy atom. The van der Waals surface area contributed by atoms with Gasteiger partial charge in [0.15, 0.2) is 11.5 Å². The molecule has 1 aromatic rings. The van der Waals surface area contributed by atoms with E-state index in [0.717, 1.165) is 11.1 Å². The van der Waals surface area contributed by atoms with E-state index in [-0.39, 0.29) is 17.6 Å². The van der Waals surface area contributed by atoms with Crippen molar-refractivity contribution in [2.24, 2.45) is 0 Å². The topological polar surface area (TPSA) is 61.7 Å². The average Bonchev–Trinajstić information content (AvgIpc) is 2.25. The van der Waals surface area contributed by atoms with E-state index >= 15 is 0 Å².